The second kappa shape index (κ2) is 5.64. The molecule has 0 unspecified atom stereocenters. The summed E-state index contributed by atoms with van der Waals surface area (Å²) in [6.07, 6.45) is -3.70. The van der Waals surface area contributed by atoms with E-state index < -0.39 is 12.6 Å². The molecule has 1 saturated heterocycles. The molecule has 0 aliphatic carbocycles. The van der Waals surface area contributed by atoms with Crippen LogP contribution in [-0.4, -0.2) is 33.8 Å². The van der Waals surface area contributed by atoms with Crippen LogP contribution >= 0.6 is 0 Å². The highest BCUT2D eigenvalue weighted by atomic mass is 19.4. The van der Waals surface area contributed by atoms with Gasteiger partial charge < -0.3 is 4.52 Å². The molecule has 0 N–H and O–H groups in total. The monoisotopic (exact) mass is 302 g/mol. The van der Waals surface area contributed by atoms with Crippen molar-refractivity contribution in [1.29, 1.82) is 5.26 Å². The van der Waals surface area contributed by atoms with Gasteiger partial charge in [0.1, 0.15) is 12.5 Å². The van der Waals surface area contributed by atoms with Crippen LogP contribution in [0.1, 0.15) is 38.4 Å². The van der Waals surface area contributed by atoms with E-state index in [-0.39, 0.29) is 29.7 Å². The van der Waals surface area contributed by atoms with Crippen molar-refractivity contribution in [3.63, 3.8) is 0 Å². The summed E-state index contributed by atoms with van der Waals surface area (Å²) in [6.45, 7) is 4.91. The first-order valence-electron chi connectivity index (χ1n) is 6.73. The van der Waals surface area contributed by atoms with Crippen LogP contribution in [0.25, 0.3) is 0 Å². The van der Waals surface area contributed by atoms with Crippen molar-refractivity contribution >= 4 is 0 Å². The molecule has 1 atom stereocenters. The molecule has 1 fully saturated rings. The maximum Gasteiger partial charge on any atom is 0.396 e. The zero-order chi connectivity index (χ0) is 15.7. The molecule has 0 amide bonds. The van der Waals surface area contributed by atoms with Gasteiger partial charge in [-0.25, -0.2) is 0 Å². The first-order chi connectivity index (χ1) is 9.71. The Morgan fingerprint density at radius 1 is 1.48 bits per heavy atom. The minimum absolute atomic E-state index is 0.118. The van der Waals surface area contributed by atoms with Gasteiger partial charge in [0.25, 0.3) is 0 Å². The third kappa shape index (κ3) is 3.94. The SMILES string of the molecule is CC1(C)CCCN(Cc2nc(CC(F)(F)F)no2)[C@@H]1C#N. The van der Waals surface area contributed by atoms with Crippen molar-refractivity contribution < 1.29 is 17.7 Å². The Labute approximate surface area is 120 Å². The summed E-state index contributed by atoms with van der Waals surface area (Å²) in [5, 5.41) is 12.7. The number of piperidine rings is 1. The van der Waals surface area contributed by atoms with E-state index >= 15 is 0 Å². The van der Waals surface area contributed by atoms with Crippen LogP contribution in [0.2, 0.25) is 0 Å². The Kier molecular flexibility index (Phi) is 4.23. The predicted molar refractivity (Wildman–Crippen MR) is 66.9 cm³/mol. The third-order valence-corrected chi connectivity index (χ3v) is 3.70. The molecular formula is C13H17F3N4O. The van der Waals surface area contributed by atoms with E-state index in [1.54, 1.807) is 0 Å². The number of halogens is 3. The lowest BCUT2D eigenvalue weighted by molar-refractivity contribution is -0.128. The van der Waals surface area contributed by atoms with Gasteiger partial charge in [-0.15, -0.1) is 0 Å². The first kappa shape index (κ1) is 15.8. The van der Waals surface area contributed by atoms with Gasteiger partial charge in [0.15, 0.2) is 5.82 Å². The molecule has 8 heteroatoms. The second-order valence-corrected chi connectivity index (χ2v) is 5.99. The van der Waals surface area contributed by atoms with Crippen molar-refractivity contribution in [1.82, 2.24) is 15.0 Å². The van der Waals surface area contributed by atoms with E-state index in [0.717, 1.165) is 12.8 Å². The predicted octanol–water partition coefficient (Wildman–Crippen LogP) is 2.69. The molecule has 1 aromatic heterocycles. The van der Waals surface area contributed by atoms with Crippen LogP contribution in [0.5, 0.6) is 0 Å². The Balaban J connectivity index is 2.06. The lowest BCUT2D eigenvalue weighted by atomic mass is 9.77. The normalized spacial score (nSPS) is 23.0. The van der Waals surface area contributed by atoms with Gasteiger partial charge in [0.05, 0.1) is 12.6 Å². The van der Waals surface area contributed by atoms with Gasteiger partial charge >= 0.3 is 6.18 Å². The second-order valence-electron chi connectivity index (χ2n) is 5.99. The average molecular weight is 302 g/mol. The molecule has 0 aromatic carbocycles. The highest BCUT2D eigenvalue weighted by Crippen LogP contribution is 2.35. The number of likely N-dealkylation sites (tertiary alicyclic amines) is 1. The van der Waals surface area contributed by atoms with E-state index in [9.17, 15) is 18.4 Å². The molecule has 0 radical (unpaired) electrons. The number of hydrogen-bond acceptors (Lipinski definition) is 5. The van der Waals surface area contributed by atoms with Crippen LogP contribution in [0.3, 0.4) is 0 Å². The molecule has 2 rings (SSSR count). The van der Waals surface area contributed by atoms with Gasteiger partial charge in [-0.2, -0.15) is 23.4 Å². The maximum absolute atomic E-state index is 12.3. The van der Waals surface area contributed by atoms with Crippen LogP contribution < -0.4 is 0 Å². The van der Waals surface area contributed by atoms with Crippen LogP contribution in [-0.2, 0) is 13.0 Å². The largest absolute Gasteiger partial charge is 0.396 e. The van der Waals surface area contributed by atoms with Gasteiger partial charge in [-0.05, 0) is 24.8 Å². The number of hydrogen-bond donors (Lipinski definition) is 0. The molecule has 1 aliphatic heterocycles. The van der Waals surface area contributed by atoms with Crippen molar-refractivity contribution in [3.8, 4) is 6.07 Å². The molecule has 5 nitrogen and oxygen atoms in total. The lowest BCUT2D eigenvalue weighted by Gasteiger charge is -2.42. The van der Waals surface area contributed by atoms with E-state index in [1.807, 2.05) is 18.7 Å². The molecule has 0 spiro atoms. The summed E-state index contributed by atoms with van der Waals surface area (Å²) in [4.78, 5) is 5.64. The quantitative estimate of drug-likeness (QED) is 0.859. The summed E-state index contributed by atoms with van der Waals surface area (Å²) in [5.41, 5.74) is -0.165. The minimum atomic E-state index is -4.36. The topological polar surface area (TPSA) is 66.0 Å². The Bertz CT molecular complexity index is 532. The Morgan fingerprint density at radius 3 is 2.81 bits per heavy atom. The lowest BCUT2D eigenvalue weighted by Crippen LogP contribution is -2.48. The zero-order valence-electron chi connectivity index (χ0n) is 11.9. The molecule has 1 aromatic rings. The molecule has 0 saturated carbocycles. The van der Waals surface area contributed by atoms with Crippen molar-refractivity contribution in [2.24, 2.45) is 5.41 Å². The van der Waals surface area contributed by atoms with Crippen molar-refractivity contribution in [2.45, 2.75) is 51.9 Å². The summed E-state index contributed by atoms with van der Waals surface area (Å²) in [5.74, 6) is -0.255. The van der Waals surface area contributed by atoms with Crippen LogP contribution in [0.4, 0.5) is 13.2 Å². The van der Waals surface area contributed by atoms with Gasteiger partial charge in [0.2, 0.25) is 5.89 Å². The van der Waals surface area contributed by atoms with Crippen LogP contribution in [0, 0.1) is 16.7 Å². The Morgan fingerprint density at radius 2 is 2.19 bits per heavy atom. The molecule has 116 valence electrons. The fraction of sp³-hybridized carbons (Fsp3) is 0.769. The smallest absolute Gasteiger partial charge is 0.338 e. The molecule has 0 bridgehead atoms. The van der Waals surface area contributed by atoms with Gasteiger partial charge in [-0.3, -0.25) is 4.90 Å². The molecule has 2 heterocycles. The number of nitrogens with zero attached hydrogens (tertiary/aromatic N) is 4. The van der Waals surface area contributed by atoms with Crippen molar-refractivity contribution in [3.05, 3.63) is 11.7 Å². The first-order valence-corrected chi connectivity index (χ1v) is 6.73. The zero-order valence-corrected chi connectivity index (χ0v) is 11.9. The summed E-state index contributed by atoms with van der Waals surface area (Å²) in [7, 11) is 0. The molecule has 21 heavy (non-hydrogen) atoms. The summed E-state index contributed by atoms with van der Waals surface area (Å²) < 4.78 is 41.6. The molecule has 1 aliphatic rings. The van der Waals surface area contributed by atoms with Gasteiger partial charge in [-0.1, -0.05) is 19.0 Å². The third-order valence-electron chi connectivity index (χ3n) is 3.70. The highest BCUT2D eigenvalue weighted by Gasteiger charge is 2.38. The summed E-state index contributed by atoms with van der Waals surface area (Å²) in [6, 6.07) is 1.95. The fourth-order valence-corrected chi connectivity index (χ4v) is 2.70. The van der Waals surface area contributed by atoms with E-state index in [4.69, 9.17) is 4.52 Å². The average Bonchev–Trinajstić information content (AvgIpc) is 2.73. The minimum Gasteiger partial charge on any atom is -0.338 e. The standard InChI is InChI=1S/C13H17F3N4O/c1-12(2)4-3-5-20(9(12)7-17)8-11-18-10(19-21-11)6-13(14,15)16/h9H,3-6,8H2,1-2H3/t9-/m1/s1. The number of nitriles is 1. The van der Waals surface area contributed by atoms with E-state index in [0.29, 0.717) is 6.54 Å². The fourth-order valence-electron chi connectivity index (χ4n) is 2.70. The summed E-state index contributed by atoms with van der Waals surface area (Å²) >= 11 is 0. The Hall–Kier alpha value is -1.62. The van der Waals surface area contributed by atoms with Crippen LogP contribution in [0.15, 0.2) is 4.52 Å². The van der Waals surface area contributed by atoms with Gasteiger partial charge in [0, 0.05) is 0 Å². The maximum atomic E-state index is 12.3. The van der Waals surface area contributed by atoms with E-state index in [1.165, 1.54) is 0 Å². The number of alkyl halides is 3. The highest BCUT2D eigenvalue weighted by molar-refractivity contribution is 5.04. The number of aromatic nitrogens is 2. The van der Waals surface area contributed by atoms with E-state index in [2.05, 4.69) is 16.2 Å². The number of rotatable bonds is 3. The molecular weight excluding hydrogens is 285 g/mol. The van der Waals surface area contributed by atoms with Crippen molar-refractivity contribution in [2.75, 3.05) is 6.54 Å².